The van der Waals surface area contributed by atoms with Crippen LogP contribution in [0.1, 0.15) is 43.0 Å². The Morgan fingerprint density at radius 1 is 1.21 bits per heavy atom. The highest BCUT2D eigenvalue weighted by Gasteiger charge is 2.33. The summed E-state index contributed by atoms with van der Waals surface area (Å²) < 4.78 is 7.37. The number of fused-ring (bicyclic) bond motifs is 1. The van der Waals surface area contributed by atoms with Crippen LogP contribution >= 0.6 is 0 Å². The van der Waals surface area contributed by atoms with Gasteiger partial charge in [0.1, 0.15) is 11.6 Å². The van der Waals surface area contributed by atoms with Crippen LogP contribution in [0.3, 0.4) is 0 Å². The van der Waals surface area contributed by atoms with Gasteiger partial charge >= 0.3 is 0 Å². The number of H-pyrrole nitrogens is 1. The van der Waals surface area contributed by atoms with E-state index in [9.17, 15) is 9.59 Å². The Hall–Kier alpha value is -3.42. The molecule has 3 heterocycles. The van der Waals surface area contributed by atoms with E-state index in [4.69, 9.17) is 4.74 Å². The third-order valence-electron chi connectivity index (χ3n) is 4.62. The van der Waals surface area contributed by atoms with Crippen molar-refractivity contribution in [3.05, 3.63) is 63.6 Å². The lowest BCUT2D eigenvalue weighted by Crippen LogP contribution is -2.25. The van der Waals surface area contributed by atoms with Crippen LogP contribution in [0.25, 0.3) is 5.82 Å². The molecule has 144 valence electrons. The van der Waals surface area contributed by atoms with Gasteiger partial charge in [0, 0.05) is 24.0 Å². The Balaban J connectivity index is 1.81. The van der Waals surface area contributed by atoms with Gasteiger partial charge < -0.3 is 10.1 Å². The Labute approximate surface area is 161 Å². The molecule has 3 aromatic rings. The molecule has 0 fully saturated rings. The second-order valence-corrected chi connectivity index (χ2v) is 7.08. The van der Waals surface area contributed by atoms with Crippen molar-refractivity contribution in [2.24, 2.45) is 0 Å². The summed E-state index contributed by atoms with van der Waals surface area (Å²) in [7, 11) is 0. The third kappa shape index (κ3) is 3.28. The van der Waals surface area contributed by atoms with Gasteiger partial charge in [-0.15, -0.1) is 0 Å². The predicted octanol–water partition coefficient (Wildman–Crippen LogP) is 2.53. The zero-order chi connectivity index (χ0) is 19.8. The van der Waals surface area contributed by atoms with E-state index >= 15 is 0 Å². The van der Waals surface area contributed by atoms with Crippen molar-refractivity contribution in [3.8, 4) is 11.6 Å². The van der Waals surface area contributed by atoms with E-state index < -0.39 is 0 Å². The average molecular weight is 379 g/mol. The number of aryl methyl sites for hydroxylation is 1. The lowest BCUT2D eigenvalue weighted by Gasteiger charge is -2.24. The molecule has 0 radical (unpaired) electrons. The van der Waals surface area contributed by atoms with Gasteiger partial charge in [-0.1, -0.05) is 12.1 Å². The summed E-state index contributed by atoms with van der Waals surface area (Å²) in [6.07, 6.45) is 0.389. The van der Waals surface area contributed by atoms with Gasteiger partial charge in [0.25, 0.3) is 5.56 Å². The molecule has 0 unspecified atom stereocenters. The maximum Gasteiger partial charge on any atom is 0.264 e. The van der Waals surface area contributed by atoms with E-state index in [2.05, 4.69) is 20.6 Å². The van der Waals surface area contributed by atoms with Crippen LogP contribution in [-0.2, 0) is 4.79 Å². The first kappa shape index (κ1) is 18.0. The summed E-state index contributed by atoms with van der Waals surface area (Å²) in [4.78, 5) is 23.8. The number of nitrogens with one attached hydrogen (secondary N) is 2. The molecule has 0 saturated heterocycles. The topological polar surface area (TPSA) is 102 Å². The maximum absolute atomic E-state index is 12.5. The second kappa shape index (κ2) is 6.95. The van der Waals surface area contributed by atoms with Crippen LogP contribution in [0.2, 0.25) is 0 Å². The quantitative estimate of drug-likeness (QED) is 0.725. The molecular weight excluding hydrogens is 358 g/mol. The smallest absolute Gasteiger partial charge is 0.264 e. The minimum Gasteiger partial charge on any atom is -0.491 e. The number of ether oxygens (including phenoxy) is 1. The lowest BCUT2D eigenvalue weighted by atomic mass is 9.86. The SMILES string of the molecule is Cc1nn(-c2ccc(=O)[nH]n2)c2c1[C@H](c1cccc(OC(C)C)c1)CC(=O)N2. The molecule has 1 atom stereocenters. The standard InChI is InChI=1S/C20H21N5O3/c1-11(2)28-14-6-4-5-13(9-14)15-10-18(27)21-20-19(15)12(3)24-25(20)16-7-8-17(26)23-22-16/h4-9,11,15H,10H2,1-3H3,(H,21,27)(H,23,26)/t15-/m0/s1. The highest BCUT2D eigenvalue weighted by molar-refractivity contribution is 5.95. The normalized spacial score (nSPS) is 16.0. The maximum atomic E-state index is 12.5. The summed E-state index contributed by atoms with van der Waals surface area (Å²) in [5, 5.41) is 13.9. The van der Waals surface area contributed by atoms with E-state index in [1.807, 2.05) is 45.0 Å². The molecule has 2 N–H and O–H groups in total. The molecular formula is C20H21N5O3. The van der Waals surface area contributed by atoms with E-state index in [1.54, 1.807) is 10.7 Å². The third-order valence-corrected chi connectivity index (χ3v) is 4.62. The Bertz CT molecular complexity index is 1080. The minimum atomic E-state index is -0.301. The van der Waals surface area contributed by atoms with Gasteiger partial charge in [-0.05, 0) is 44.5 Å². The molecule has 2 aromatic heterocycles. The van der Waals surface area contributed by atoms with Crippen molar-refractivity contribution in [1.29, 1.82) is 0 Å². The summed E-state index contributed by atoms with van der Waals surface area (Å²) in [6, 6.07) is 10.8. The second-order valence-electron chi connectivity index (χ2n) is 7.08. The summed E-state index contributed by atoms with van der Waals surface area (Å²) in [5.74, 6) is 1.54. The van der Waals surface area contributed by atoms with Crippen LogP contribution in [0.15, 0.2) is 41.2 Å². The van der Waals surface area contributed by atoms with Crippen LogP contribution in [-0.4, -0.2) is 32.0 Å². The first-order valence-corrected chi connectivity index (χ1v) is 9.14. The van der Waals surface area contributed by atoms with Crippen molar-refractivity contribution >= 4 is 11.7 Å². The Morgan fingerprint density at radius 2 is 2.04 bits per heavy atom. The van der Waals surface area contributed by atoms with Crippen LogP contribution < -0.4 is 15.6 Å². The number of aromatic amines is 1. The largest absolute Gasteiger partial charge is 0.491 e. The molecule has 8 nitrogen and oxygen atoms in total. The molecule has 1 aliphatic heterocycles. The highest BCUT2D eigenvalue weighted by Crippen LogP contribution is 2.40. The number of hydrogen-bond donors (Lipinski definition) is 2. The molecule has 1 aliphatic rings. The van der Waals surface area contributed by atoms with Crippen molar-refractivity contribution in [1.82, 2.24) is 20.0 Å². The highest BCUT2D eigenvalue weighted by atomic mass is 16.5. The Kier molecular flexibility index (Phi) is 4.46. The van der Waals surface area contributed by atoms with E-state index in [1.165, 1.54) is 6.07 Å². The summed E-state index contributed by atoms with van der Waals surface area (Å²) in [5.41, 5.74) is 2.43. The van der Waals surface area contributed by atoms with Gasteiger partial charge in [0.15, 0.2) is 5.82 Å². The number of hydrogen-bond acceptors (Lipinski definition) is 5. The molecule has 0 spiro atoms. The summed E-state index contributed by atoms with van der Waals surface area (Å²) >= 11 is 0. The molecule has 1 amide bonds. The first-order valence-electron chi connectivity index (χ1n) is 9.14. The molecule has 0 aliphatic carbocycles. The van der Waals surface area contributed by atoms with Gasteiger partial charge in [-0.2, -0.15) is 14.9 Å². The minimum absolute atomic E-state index is 0.0660. The first-order chi connectivity index (χ1) is 13.4. The van der Waals surface area contributed by atoms with Crippen LogP contribution in [0, 0.1) is 6.92 Å². The molecule has 4 rings (SSSR count). The van der Waals surface area contributed by atoms with Crippen LogP contribution in [0.4, 0.5) is 5.82 Å². The molecule has 0 saturated carbocycles. The molecule has 8 heteroatoms. The average Bonchev–Trinajstić information content (AvgIpc) is 2.98. The van der Waals surface area contributed by atoms with Crippen molar-refractivity contribution in [2.45, 2.75) is 39.2 Å². The Morgan fingerprint density at radius 3 is 2.75 bits per heavy atom. The van der Waals surface area contributed by atoms with Crippen LogP contribution in [0.5, 0.6) is 5.75 Å². The van der Waals surface area contributed by atoms with E-state index in [0.29, 0.717) is 18.1 Å². The number of carbonyl (C=O) groups is 1. The van der Waals surface area contributed by atoms with E-state index in [-0.39, 0.29) is 23.5 Å². The van der Waals surface area contributed by atoms with Gasteiger partial charge in [-0.25, -0.2) is 5.10 Å². The fourth-order valence-corrected chi connectivity index (χ4v) is 3.53. The molecule has 1 aromatic carbocycles. The van der Waals surface area contributed by atoms with Crippen molar-refractivity contribution in [2.75, 3.05) is 5.32 Å². The zero-order valence-corrected chi connectivity index (χ0v) is 15.9. The van der Waals surface area contributed by atoms with Crippen molar-refractivity contribution in [3.63, 3.8) is 0 Å². The van der Waals surface area contributed by atoms with Gasteiger partial charge in [0.05, 0.1) is 11.8 Å². The predicted molar refractivity (Wildman–Crippen MR) is 104 cm³/mol. The zero-order valence-electron chi connectivity index (χ0n) is 15.9. The fraction of sp³-hybridized carbons (Fsp3) is 0.300. The van der Waals surface area contributed by atoms with Gasteiger partial charge in [0.2, 0.25) is 5.91 Å². The van der Waals surface area contributed by atoms with Gasteiger partial charge in [-0.3, -0.25) is 9.59 Å². The number of amides is 1. The number of rotatable bonds is 4. The fourth-order valence-electron chi connectivity index (χ4n) is 3.53. The number of aromatic nitrogens is 4. The molecule has 28 heavy (non-hydrogen) atoms. The monoisotopic (exact) mass is 379 g/mol. The van der Waals surface area contributed by atoms with Crippen molar-refractivity contribution < 1.29 is 9.53 Å². The van der Waals surface area contributed by atoms with E-state index in [0.717, 1.165) is 22.6 Å². The molecule has 0 bridgehead atoms. The summed E-state index contributed by atoms with van der Waals surface area (Å²) in [6.45, 7) is 5.86. The number of nitrogens with zero attached hydrogens (tertiary/aromatic N) is 3. The number of anilines is 1. The lowest BCUT2D eigenvalue weighted by molar-refractivity contribution is -0.116. The number of benzene rings is 1. The number of carbonyl (C=O) groups excluding carboxylic acids is 1.